The average Bonchev–Trinajstić information content (AvgIpc) is 2.77. The molecule has 0 bridgehead atoms. The van der Waals surface area contributed by atoms with Crippen LogP contribution in [0.2, 0.25) is 16.6 Å². The summed E-state index contributed by atoms with van der Waals surface area (Å²) in [7, 11) is -0.553. The summed E-state index contributed by atoms with van der Waals surface area (Å²) in [6.45, 7) is 13.5. The molecule has 4 nitrogen and oxygen atoms in total. The van der Waals surface area contributed by atoms with Crippen LogP contribution in [0.5, 0.6) is 5.75 Å². The molecule has 0 saturated carbocycles. The van der Waals surface area contributed by atoms with Gasteiger partial charge in [-0.1, -0.05) is 84.0 Å². The van der Waals surface area contributed by atoms with Crippen molar-refractivity contribution in [1.29, 1.82) is 0 Å². The molecule has 1 aliphatic heterocycles. The van der Waals surface area contributed by atoms with Crippen molar-refractivity contribution < 1.29 is 14.0 Å². The summed E-state index contributed by atoms with van der Waals surface area (Å²) < 4.78 is 12.2. The number of hydrogen-bond acceptors (Lipinski definition) is 3. The smallest absolute Gasteiger partial charge is 0.258 e. The maximum absolute atomic E-state index is 13.4. The molecule has 0 N–H and O–H groups in total. The third-order valence-corrected chi connectivity index (χ3v) is 12.8. The van der Waals surface area contributed by atoms with Crippen LogP contribution < -0.4 is 9.64 Å². The molecule has 0 unspecified atom stereocenters. The van der Waals surface area contributed by atoms with Gasteiger partial charge in [0.05, 0.1) is 13.2 Å². The first-order valence-corrected chi connectivity index (χ1v) is 13.7. The zero-order valence-electron chi connectivity index (χ0n) is 20.4. The Bertz CT molecular complexity index is 900. The second-order valence-electron chi connectivity index (χ2n) is 9.52. The number of methoxy groups -OCH3 is 1. The molecule has 1 saturated heterocycles. The van der Waals surface area contributed by atoms with E-state index in [1.54, 1.807) is 7.11 Å². The molecule has 1 amide bonds. The van der Waals surface area contributed by atoms with Gasteiger partial charge in [-0.05, 0) is 46.5 Å². The Morgan fingerprint density at radius 1 is 0.875 bits per heavy atom. The van der Waals surface area contributed by atoms with E-state index < -0.39 is 14.4 Å². The van der Waals surface area contributed by atoms with Gasteiger partial charge < -0.3 is 14.1 Å². The Morgan fingerprint density at radius 3 is 1.94 bits per heavy atom. The SMILES string of the molecule is COc1ccc(N2C(=O)[C@H](O[Si](C(C)C)(C(C)C)C(C)C)[C@@H]2/C=C/c2ccccc2)cc1. The lowest BCUT2D eigenvalue weighted by Crippen LogP contribution is -2.69. The van der Waals surface area contributed by atoms with E-state index >= 15 is 0 Å². The molecule has 0 spiro atoms. The lowest BCUT2D eigenvalue weighted by Gasteiger charge is -2.52. The van der Waals surface area contributed by atoms with Gasteiger partial charge >= 0.3 is 0 Å². The number of benzene rings is 2. The van der Waals surface area contributed by atoms with E-state index in [0.717, 1.165) is 17.0 Å². The molecular formula is C27H37NO3Si. The van der Waals surface area contributed by atoms with Gasteiger partial charge in [-0.25, -0.2) is 0 Å². The van der Waals surface area contributed by atoms with Crippen LogP contribution >= 0.6 is 0 Å². The second kappa shape index (κ2) is 10.0. The number of amides is 1. The normalized spacial score (nSPS) is 19.3. The third-order valence-electron chi connectivity index (χ3n) is 6.76. The minimum atomic E-state index is -2.20. The Labute approximate surface area is 194 Å². The third kappa shape index (κ3) is 4.55. The average molecular weight is 452 g/mol. The van der Waals surface area contributed by atoms with E-state index in [1.807, 2.05) is 47.4 Å². The molecule has 1 aliphatic rings. The molecule has 0 aromatic heterocycles. The van der Waals surface area contributed by atoms with Gasteiger partial charge in [0.25, 0.3) is 5.91 Å². The fourth-order valence-electron chi connectivity index (χ4n) is 5.23. The maximum atomic E-state index is 13.4. The van der Waals surface area contributed by atoms with E-state index in [-0.39, 0.29) is 11.9 Å². The van der Waals surface area contributed by atoms with Gasteiger partial charge in [-0.3, -0.25) is 4.79 Å². The maximum Gasteiger partial charge on any atom is 0.258 e. The van der Waals surface area contributed by atoms with Gasteiger partial charge in [0.1, 0.15) is 11.9 Å². The molecule has 3 rings (SSSR count). The standard InChI is InChI=1S/C27H37NO3Si/c1-19(2)32(20(3)4,21(5)6)31-26-25(18-13-22-11-9-8-10-12-22)28(27(26)29)23-14-16-24(30-7)17-15-23/h8-21,25-26H,1-7H3/b18-13+/t25-,26+/m0/s1. The Kier molecular flexibility index (Phi) is 7.62. The summed E-state index contributed by atoms with van der Waals surface area (Å²) in [5.74, 6) is 0.813. The largest absolute Gasteiger partial charge is 0.497 e. The molecule has 2 atom stereocenters. The Balaban J connectivity index is 1.96. The fourth-order valence-corrected chi connectivity index (χ4v) is 10.7. The molecule has 1 fully saturated rings. The van der Waals surface area contributed by atoms with E-state index in [0.29, 0.717) is 16.6 Å². The van der Waals surface area contributed by atoms with Crippen molar-refractivity contribution in [2.24, 2.45) is 0 Å². The van der Waals surface area contributed by atoms with Crippen molar-refractivity contribution in [3.05, 3.63) is 66.2 Å². The monoisotopic (exact) mass is 451 g/mol. The second-order valence-corrected chi connectivity index (χ2v) is 14.9. The zero-order valence-corrected chi connectivity index (χ0v) is 21.4. The van der Waals surface area contributed by atoms with Crippen LogP contribution in [-0.2, 0) is 9.22 Å². The van der Waals surface area contributed by atoms with Crippen molar-refractivity contribution in [2.45, 2.75) is 70.3 Å². The highest BCUT2D eigenvalue weighted by Crippen LogP contribution is 2.45. The van der Waals surface area contributed by atoms with Crippen LogP contribution in [0.25, 0.3) is 6.08 Å². The first-order chi connectivity index (χ1) is 15.2. The minimum absolute atomic E-state index is 0.0386. The van der Waals surface area contributed by atoms with Gasteiger partial charge in [0.2, 0.25) is 8.32 Å². The lowest BCUT2D eigenvalue weighted by molar-refractivity contribution is -0.134. The zero-order chi connectivity index (χ0) is 23.5. The van der Waals surface area contributed by atoms with Crippen LogP contribution in [0.3, 0.4) is 0 Å². The number of rotatable bonds is 9. The van der Waals surface area contributed by atoms with Crippen molar-refractivity contribution in [3.63, 3.8) is 0 Å². The number of carbonyl (C=O) groups is 1. The van der Waals surface area contributed by atoms with Crippen LogP contribution in [0.4, 0.5) is 5.69 Å². The molecule has 2 aromatic rings. The lowest BCUT2D eigenvalue weighted by atomic mass is 9.95. The van der Waals surface area contributed by atoms with Crippen LogP contribution in [0.15, 0.2) is 60.7 Å². The van der Waals surface area contributed by atoms with E-state index in [1.165, 1.54) is 0 Å². The van der Waals surface area contributed by atoms with Crippen LogP contribution in [0.1, 0.15) is 47.1 Å². The molecule has 5 heteroatoms. The quantitative estimate of drug-likeness (QED) is 0.315. The highest BCUT2D eigenvalue weighted by molar-refractivity contribution is 6.77. The summed E-state index contributed by atoms with van der Waals surface area (Å²) in [6.07, 6.45) is 3.76. The summed E-state index contributed by atoms with van der Waals surface area (Å²) in [6, 6.07) is 17.7. The predicted molar refractivity (Wildman–Crippen MR) is 136 cm³/mol. The Morgan fingerprint density at radius 2 is 1.44 bits per heavy atom. The van der Waals surface area contributed by atoms with Crippen molar-refractivity contribution in [2.75, 3.05) is 12.0 Å². The van der Waals surface area contributed by atoms with E-state index in [2.05, 4.69) is 65.8 Å². The van der Waals surface area contributed by atoms with Crippen molar-refractivity contribution >= 4 is 26.0 Å². The number of anilines is 1. The Hall–Kier alpha value is -2.37. The minimum Gasteiger partial charge on any atom is -0.497 e. The highest BCUT2D eigenvalue weighted by Gasteiger charge is 2.55. The fraction of sp³-hybridized carbons (Fsp3) is 0.444. The molecular weight excluding hydrogens is 414 g/mol. The first-order valence-electron chi connectivity index (χ1n) is 11.6. The van der Waals surface area contributed by atoms with Gasteiger partial charge in [0, 0.05) is 5.69 Å². The van der Waals surface area contributed by atoms with Crippen molar-refractivity contribution in [1.82, 2.24) is 0 Å². The molecule has 32 heavy (non-hydrogen) atoms. The molecule has 2 aromatic carbocycles. The summed E-state index contributed by atoms with van der Waals surface area (Å²) in [5, 5.41) is 0. The van der Waals surface area contributed by atoms with E-state index in [4.69, 9.17) is 9.16 Å². The molecule has 1 heterocycles. The summed E-state index contributed by atoms with van der Waals surface area (Å²) in [5.41, 5.74) is 3.24. The molecule has 0 aliphatic carbocycles. The topological polar surface area (TPSA) is 38.8 Å². The van der Waals surface area contributed by atoms with Crippen LogP contribution in [-0.4, -0.2) is 33.5 Å². The summed E-state index contributed by atoms with van der Waals surface area (Å²) >= 11 is 0. The number of ether oxygens (including phenoxy) is 1. The van der Waals surface area contributed by atoms with Gasteiger partial charge in [-0.15, -0.1) is 0 Å². The number of carbonyl (C=O) groups excluding carboxylic acids is 1. The van der Waals surface area contributed by atoms with Crippen molar-refractivity contribution in [3.8, 4) is 5.75 Å². The summed E-state index contributed by atoms with van der Waals surface area (Å²) in [4.78, 5) is 15.3. The molecule has 0 radical (unpaired) electrons. The molecule has 172 valence electrons. The predicted octanol–water partition coefficient (Wildman–Crippen LogP) is 6.68. The van der Waals surface area contributed by atoms with E-state index in [9.17, 15) is 4.79 Å². The number of hydrogen-bond donors (Lipinski definition) is 0. The first kappa shape index (κ1) is 24.3. The number of nitrogens with zero attached hydrogens (tertiary/aromatic N) is 1. The highest BCUT2D eigenvalue weighted by atomic mass is 28.4. The van der Waals surface area contributed by atoms with Crippen LogP contribution in [0, 0.1) is 0 Å². The van der Waals surface area contributed by atoms with Gasteiger partial charge in [0.15, 0.2) is 0 Å². The van der Waals surface area contributed by atoms with Gasteiger partial charge in [-0.2, -0.15) is 0 Å². The number of β-lactam (4-membered cyclic amide) rings is 1.